The maximum atomic E-state index is 5.49. The van der Waals surface area contributed by atoms with Crippen LogP contribution in [0.2, 0.25) is 0 Å². The first-order chi connectivity index (χ1) is 11.3. The number of ether oxygens (including phenoxy) is 2. The minimum atomic E-state index is 0.293. The van der Waals surface area contributed by atoms with E-state index < -0.39 is 0 Å². The Kier molecular flexibility index (Phi) is 3.95. The van der Waals surface area contributed by atoms with Gasteiger partial charge in [0.2, 0.25) is 6.79 Å². The zero-order valence-electron chi connectivity index (χ0n) is 13.5. The van der Waals surface area contributed by atoms with Crippen molar-refractivity contribution in [2.45, 2.75) is 19.8 Å². The van der Waals surface area contributed by atoms with Crippen molar-refractivity contribution in [3.05, 3.63) is 24.4 Å². The fourth-order valence-electron chi connectivity index (χ4n) is 3.32. The van der Waals surface area contributed by atoms with Gasteiger partial charge in [-0.05, 0) is 44.0 Å². The highest BCUT2D eigenvalue weighted by atomic mass is 16.7. The van der Waals surface area contributed by atoms with E-state index in [1.165, 1.54) is 25.9 Å². The molecule has 0 aliphatic carbocycles. The first kappa shape index (κ1) is 14.6. The summed E-state index contributed by atoms with van der Waals surface area (Å²) in [5.74, 6) is 2.47. The molecule has 0 unspecified atom stereocenters. The fourth-order valence-corrected chi connectivity index (χ4v) is 3.32. The van der Waals surface area contributed by atoms with Gasteiger partial charge in [0.05, 0.1) is 5.52 Å². The van der Waals surface area contributed by atoms with Crippen LogP contribution in [0.1, 0.15) is 19.8 Å². The molecule has 5 heteroatoms. The molecule has 1 saturated heterocycles. The number of benzene rings is 1. The second kappa shape index (κ2) is 6.24. The van der Waals surface area contributed by atoms with Crippen LogP contribution in [0.25, 0.3) is 10.9 Å². The number of anilines is 1. The molecule has 23 heavy (non-hydrogen) atoms. The number of fused-ring (bicyclic) bond motifs is 2. The van der Waals surface area contributed by atoms with E-state index in [2.05, 4.69) is 22.1 Å². The molecule has 1 aromatic heterocycles. The van der Waals surface area contributed by atoms with Crippen LogP contribution >= 0.6 is 0 Å². The summed E-state index contributed by atoms with van der Waals surface area (Å²) in [6.07, 6.45) is 4.48. The van der Waals surface area contributed by atoms with Gasteiger partial charge in [-0.15, -0.1) is 0 Å². The van der Waals surface area contributed by atoms with Gasteiger partial charge in [-0.2, -0.15) is 0 Å². The van der Waals surface area contributed by atoms with Crippen molar-refractivity contribution in [2.75, 3.05) is 38.3 Å². The molecule has 0 atom stereocenters. The van der Waals surface area contributed by atoms with Crippen LogP contribution in [0.15, 0.2) is 24.4 Å². The van der Waals surface area contributed by atoms with Crippen molar-refractivity contribution in [3.8, 4) is 11.5 Å². The van der Waals surface area contributed by atoms with Gasteiger partial charge in [-0.1, -0.05) is 6.92 Å². The molecule has 1 fully saturated rings. The molecular formula is C18H23N3O2. The molecular weight excluding hydrogens is 290 g/mol. The van der Waals surface area contributed by atoms with Gasteiger partial charge in [0.25, 0.3) is 0 Å². The summed E-state index contributed by atoms with van der Waals surface area (Å²) in [6, 6.07) is 6.01. The van der Waals surface area contributed by atoms with Crippen LogP contribution in [-0.4, -0.2) is 42.9 Å². The molecule has 5 nitrogen and oxygen atoms in total. The Labute approximate surface area is 136 Å². The monoisotopic (exact) mass is 313 g/mol. The highest BCUT2D eigenvalue weighted by Gasteiger charge is 2.17. The van der Waals surface area contributed by atoms with E-state index in [0.29, 0.717) is 6.79 Å². The van der Waals surface area contributed by atoms with Crippen molar-refractivity contribution in [1.29, 1.82) is 0 Å². The van der Waals surface area contributed by atoms with Crippen molar-refractivity contribution in [3.63, 3.8) is 0 Å². The predicted molar refractivity (Wildman–Crippen MR) is 91.2 cm³/mol. The number of piperidine rings is 1. The van der Waals surface area contributed by atoms with E-state index in [1.54, 1.807) is 0 Å². The topological polar surface area (TPSA) is 46.6 Å². The molecule has 2 aromatic rings. The maximum absolute atomic E-state index is 5.49. The number of pyridine rings is 1. The third kappa shape index (κ3) is 3.06. The first-order valence-electron chi connectivity index (χ1n) is 8.44. The standard InChI is InChI=1S/C18H23N3O2/c1-13-3-7-21(8-4-13)9-6-20-15-2-5-19-16-11-18-17(10-14(15)16)22-12-23-18/h2,5,10-11,13H,3-4,6-9,12H2,1H3,(H,19,20). The highest BCUT2D eigenvalue weighted by Crippen LogP contribution is 2.37. The van der Waals surface area contributed by atoms with Crippen LogP contribution in [0.3, 0.4) is 0 Å². The first-order valence-corrected chi connectivity index (χ1v) is 8.44. The number of nitrogens with zero attached hydrogens (tertiary/aromatic N) is 2. The summed E-state index contributed by atoms with van der Waals surface area (Å²) in [6.45, 7) is 7.12. The van der Waals surface area contributed by atoms with E-state index in [4.69, 9.17) is 9.47 Å². The largest absolute Gasteiger partial charge is 0.454 e. The van der Waals surface area contributed by atoms with E-state index in [-0.39, 0.29) is 0 Å². The lowest BCUT2D eigenvalue weighted by Gasteiger charge is -2.30. The zero-order valence-corrected chi connectivity index (χ0v) is 13.5. The molecule has 1 N–H and O–H groups in total. The van der Waals surface area contributed by atoms with Crippen LogP contribution in [0.5, 0.6) is 11.5 Å². The second-order valence-corrected chi connectivity index (χ2v) is 6.53. The second-order valence-electron chi connectivity index (χ2n) is 6.53. The molecule has 0 bridgehead atoms. The summed E-state index contributed by atoms with van der Waals surface area (Å²) < 4.78 is 10.9. The molecule has 2 aliphatic rings. The molecule has 0 spiro atoms. The van der Waals surface area contributed by atoms with E-state index in [9.17, 15) is 0 Å². The SMILES string of the molecule is CC1CCN(CCNc2ccnc3cc4c(cc23)OCO4)CC1. The van der Waals surface area contributed by atoms with Crippen LogP contribution in [-0.2, 0) is 0 Å². The molecule has 0 saturated carbocycles. The van der Waals surface area contributed by atoms with Crippen LogP contribution < -0.4 is 14.8 Å². The van der Waals surface area contributed by atoms with Gasteiger partial charge in [0, 0.05) is 36.4 Å². The normalized spacial score (nSPS) is 18.5. The molecule has 3 heterocycles. The Morgan fingerprint density at radius 1 is 1.22 bits per heavy atom. The number of hydrogen-bond donors (Lipinski definition) is 1. The Balaban J connectivity index is 1.44. The predicted octanol–water partition coefficient (Wildman–Crippen LogP) is 3.11. The number of rotatable bonds is 4. The Bertz CT molecular complexity index is 696. The third-order valence-electron chi connectivity index (χ3n) is 4.86. The average Bonchev–Trinajstić information content (AvgIpc) is 3.02. The highest BCUT2D eigenvalue weighted by molar-refractivity contribution is 5.93. The smallest absolute Gasteiger partial charge is 0.231 e. The van der Waals surface area contributed by atoms with Gasteiger partial charge in [-0.3, -0.25) is 4.98 Å². The molecule has 4 rings (SSSR count). The van der Waals surface area contributed by atoms with Crippen LogP contribution in [0.4, 0.5) is 5.69 Å². The lowest BCUT2D eigenvalue weighted by atomic mass is 9.99. The maximum Gasteiger partial charge on any atom is 0.231 e. The zero-order chi connectivity index (χ0) is 15.6. The van der Waals surface area contributed by atoms with E-state index in [0.717, 1.165) is 47.1 Å². The van der Waals surface area contributed by atoms with Gasteiger partial charge in [-0.25, -0.2) is 0 Å². The number of nitrogens with one attached hydrogen (secondary N) is 1. The minimum Gasteiger partial charge on any atom is -0.454 e. The van der Waals surface area contributed by atoms with Crippen LogP contribution in [0, 0.1) is 5.92 Å². The number of hydrogen-bond acceptors (Lipinski definition) is 5. The molecule has 0 radical (unpaired) electrons. The summed E-state index contributed by atoms with van der Waals surface area (Å²) in [7, 11) is 0. The summed E-state index contributed by atoms with van der Waals surface area (Å²) in [4.78, 5) is 6.99. The summed E-state index contributed by atoms with van der Waals surface area (Å²) in [5, 5.41) is 4.65. The Morgan fingerprint density at radius 2 is 2.00 bits per heavy atom. The lowest BCUT2D eigenvalue weighted by Crippen LogP contribution is -2.36. The average molecular weight is 313 g/mol. The van der Waals surface area contributed by atoms with Crippen molar-refractivity contribution in [2.24, 2.45) is 5.92 Å². The summed E-state index contributed by atoms with van der Waals surface area (Å²) in [5.41, 5.74) is 2.05. The lowest BCUT2D eigenvalue weighted by molar-refractivity contribution is 0.174. The van der Waals surface area contributed by atoms with Gasteiger partial charge >= 0.3 is 0 Å². The Morgan fingerprint density at radius 3 is 2.83 bits per heavy atom. The fraction of sp³-hybridized carbons (Fsp3) is 0.500. The quantitative estimate of drug-likeness (QED) is 0.940. The molecule has 0 amide bonds. The number of aromatic nitrogens is 1. The van der Waals surface area contributed by atoms with Crippen molar-refractivity contribution in [1.82, 2.24) is 9.88 Å². The van der Waals surface area contributed by atoms with Crippen molar-refractivity contribution < 1.29 is 9.47 Å². The van der Waals surface area contributed by atoms with E-state index >= 15 is 0 Å². The minimum absolute atomic E-state index is 0.293. The van der Waals surface area contributed by atoms with Gasteiger partial charge in [0.15, 0.2) is 11.5 Å². The Hall–Kier alpha value is -2.01. The molecule has 1 aromatic carbocycles. The van der Waals surface area contributed by atoms with E-state index in [1.807, 2.05) is 24.4 Å². The van der Waals surface area contributed by atoms with Gasteiger partial charge in [0.1, 0.15) is 0 Å². The van der Waals surface area contributed by atoms with Crippen molar-refractivity contribution >= 4 is 16.6 Å². The van der Waals surface area contributed by atoms with Gasteiger partial charge < -0.3 is 19.7 Å². The number of likely N-dealkylation sites (tertiary alicyclic amines) is 1. The molecule has 2 aliphatic heterocycles. The molecule has 122 valence electrons. The third-order valence-corrected chi connectivity index (χ3v) is 4.86. The summed E-state index contributed by atoms with van der Waals surface area (Å²) >= 11 is 0.